The fourth-order valence-electron chi connectivity index (χ4n) is 7.69. The summed E-state index contributed by atoms with van der Waals surface area (Å²) in [6.07, 6.45) is 1.86. The Morgan fingerprint density at radius 3 is 1.81 bits per heavy atom. The third kappa shape index (κ3) is 8.68. The number of alkyl halides is 1. The molecule has 282 valence electrons. The van der Waals surface area contributed by atoms with Crippen LogP contribution >= 0.6 is 22.6 Å². The standard InChI is InChI=1S/C47H51IO6/c1-34-21-26-42(29-41(34)28-37-24-22-36(23-25-37)14-12-13-27-49)47-45(52-32-40-19-10-5-11-20-40)43(50-30-38-15-6-3-7-16-38)44(46(54-47,33-53-47)35(2)48)51-31-39-17-8-4-9-18-39/h3-11,15-26,29,35,43-45,49H,12-14,27-28,30-33H2,1-2H3/t35?,43-,44-,45+,46+,47-/m0/s1. The molecule has 2 aliphatic rings. The zero-order valence-corrected chi connectivity index (χ0v) is 33.4. The van der Waals surface area contributed by atoms with Crippen LogP contribution in [0.25, 0.3) is 0 Å². The van der Waals surface area contributed by atoms with Gasteiger partial charge in [-0.15, -0.1) is 0 Å². The van der Waals surface area contributed by atoms with Crippen LogP contribution in [-0.2, 0) is 62.1 Å². The summed E-state index contributed by atoms with van der Waals surface area (Å²) in [5, 5.41) is 9.20. The lowest BCUT2D eigenvalue weighted by molar-refractivity contribution is -0.348. The van der Waals surface area contributed by atoms with E-state index in [2.05, 4.69) is 115 Å². The van der Waals surface area contributed by atoms with Crippen molar-refractivity contribution in [3.05, 3.63) is 178 Å². The van der Waals surface area contributed by atoms with E-state index in [1.165, 1.54) is 22.3 Å². The van der Waals surface area contributed by atoms with Crippen molar-refractivity contribution < 1.29 is 28.8 Å². The van der Waals surface area contributed by atoms with E-state index in [4.69, 9.17) is 23.7 Å². The van der Waals surface area contributed by atoms with Crippen LogP contribution in [0.2, 0.25) is 0 Å². The fourth-order valence-corrected chi connectivity index (χ4v) is 8.35. The monoisotopic (exact) mass is 838 g/mol. The average Bonchev–Trinajstić information content (AvgIpc) is 3.58. The minimum Gasteiger partial charge on any atom is -0.396 e. The zero-order chi connectivity index (χ0) is 37.4. The quantitative estimate of drug-likeness (QED) is 0.0573. The summed E-state index contributed by atoms with van der Waals surface area (Å²) in [4.78, 5) is 0. The molecule has 1 N–H and O–H groups in total. The topological polar surface area (TPSA) is 66.4 Å². The van der Waals surface area contributed by atoms with Gasteiger partial charge in [-0.3, -0.25) is 0 Å². The maximum atomic E-state index is 9.20. The first-order valence-electron chi connectivity index (χ1n) is 19.1. The number of aryl methyl sites for hydroxylation is 2. The Morgan fingerprint density at radius 1 is 0.685 bits per heavy atom. The molecule has 5 aromatic rings. The summed E-state index contributed by atoms with van der Waals surface area (Å²) >= 11 is 2.47. The van der Waals surface area contributed by atoms with E-state index in [-0.39, 0.29) is 10.5 Å². The van der Waals surface area contributed by atoms with Gasteiger partial charge >= 0.3 is 0 Å². The van der Waals surface area contributed by atoms with Crippen molar-refractivity contribution in [1.82, 2.24) is 0 Å². The van der Waals surface area contributed by atoms with Crippen molar-refractivity contribution in [3.8, 4) is 0 Å². The van der Waals surface area contributed by atoms with Gasteiger partial charge < -0.3 is 28.8 Å². The predicted molar refractivity (Wildman–Crippen MR) is 220 cm³/mol. The van der Waals surface area contributed by atoms with E-state index < -0.39 is 29.7 Å². The van der Waals surface area contributed by atoms with Gasteiger partial charge in [0.1, 0.15) is 23.9 Å². The second-order valence-electron chi connectivity index (χ2n) is 14.6. The molecule has 0 saturated carbocycles. The molecule has 7 heteroatoms. The molecule has 2 fully saturated rings. The summed E-state index contributed by atoms with van der Waals surface area (Å²) in [5.74, 6) is -1.25. The van der Waals surface area contributed by atoms with Crippen LogP contribution in [0.3, 0.4) is 0 Å². The molecule has 0 aromatic heterocycles. The minimum atomic E-state index is -1.25. The first kappa shape index (κ1) is 38.8. The number of hydrogen-bond acceptors (Lipinski definition) is 6. The van der Waals surface area contributed by atoms with Gasteiger partial charge in [0, 0.05) is 16.1 Å². The van der Waals surface area contributed by atoms with Crippen molar-refractivity contribution in [2.45, 2.75) is 93.0 Å². The molecule has 0 amide bonds. The number of benzene rings is 5. The minimum absolute atomic E-state index is 0.0106. The van der Waals surface area contributed by atoms with Gasteiger partial charge in [0.25, 0.3) is 0 Å². The van der Waals surface area contributed by atoms with Crippen LogP contribution in [0.15, 0.2) is 133 Å². The number of aliphatic hydroxyl groups excluding tert-OH is 1. The molecule has 0 spiro atoms. The third-order valence-corrected chi connectivity index (χ3v) is 11.9. The van der Waals surface area contributed by atoms with E-state index in [0.717, 1.165) is 47.9 Å². The number of aliphatic hydroxyl groups is 1. The number of hydrogen-bond donors (Lipinski definition) is 1. The molecule has 6 nitrogen and oxygen atoms in total. The number of unbranched alkanes of at least 4 members (excludes halogenated alkanes) is 1. The Kier molecular flexibility index (Phi) is 13.0. The highest BCUT2D eigenvalue weighted by atomic mass is 127. The van der Waals surface area contributed by atoms with Crippen molar-refractivity contribution in [2.24, 2.45) is 0 Å². The maximum Gasteiger partial charge on any atom is 0.225 e. The Morgan fingerprint density at radius 2 is 1.24 bits per heavy atom. The van der Waals surface area contributed by atoms with Gasteiger partial charge in [-0.25, -0.2) is 0 Å². The molecule has 1 unspecified atom stereocenters. The lowest BCUT2D eigenvalue weighted by atomic mass is 9.81. The lowest BCUT2D eigenvalue weighted by Crippen LogP contribution is -2.68. The molecule has 5 aromatic carbocycles. The molecule has 2 saturated heterocycles. The van der Waals surface area contributed by atoms with Crippen LogP contribution < -0.4 is 0 Å². The van der Waals surface area contributed by atoms with E-state index >= 15 is 0 Å². The highest BCUT2D eigenvalue weighted by molar-refractivity contribution is 14.1. The second-order valence-corrected chi connectivity index (χ2v) is 16.5. The van der Waals surface area contributed by atoms with E-state index in [1.54, 1.807) is 0 Å². The van der Waals surface area contributed by atoms with Crippen LogP contribution in [0.1, 0.15) is 64.3 Å². The van der Waals surface area contributed by atoms with Gasteiger partial charge in [-0.05, 0) is 77.6 Å². The van der Waals surface area contributed by atoms with Crippen molar-refractivity contribution in [2.75, 3.05) is 13.2 Å². The lowest BCUT2D eigenvalue weighted by Gasteiger charge is -2.52. The van der Waals surface area contributed by atoms with Gasteiger partial charge in [0.15, 0.2) is 0 Å². The Hall–Kier alpha value is -3.41. The number of ether oxygens (including phenoxy) is 5. The molecule has 2 bridgehead atoms. The highest BCUT2D eigenvalue weighted by Gasteiger charge is 2.70. The number of fused-ring (bicyclic) bond motifs is 2. The maximum absolute atomic E-state index is 9.20. The van der Waals surface area contributed by atoms with Crippen molar-refractivity contribution >= 4 is 22.6 Å². The predicted octanol–water partition coefficient (Wildman–Crippen LogP) is 9.43. The SMILES string of the molecule is Cc1ccc([C@]23OC[C@](C(C)I)(O2)[C@@H](OCc2ccccc2)[C@H](OCc2ccccc2)[C@H]3OCc2ccccc2)cc1Cc1ccc(CCCCO)cc1. The molecule has 6 atom stereocenters. The number of rotatable bonds is 17. The largest absolute Gasteiger partial charge is 0.396 e. The number of halogens is 1. The molecule has 0 radical (unpaired) electrons. The molecule has 7 rings (SSSR count). The molecule has 0 aliphatic carbocycles. The molecular weight excluding hydrogens is 787 g/mol. The van der Waals surface area contributed by atoms with Gasteiger partial charge in [-0.1, -0.05) is 157 Å². The fraction of sp³-hybridized carbons (Fsp3) is 0.362. The normalized spacial score (nSPS) is 24.0. The molecule has 2 aliphatic heterocycles. The third-order valence-electron chi connectivity index (χ3n) is 10.9. The summed E-state index contributed by atoms with van der Waals surface area (Å²) in [7, 11) is 0. The first-order valence-corrected chi connectivity index (χ1v) is 20.4. The van der Waals surface area contributed by atoms with Gasteiger partial charge in [0.2, 0.25) is 5.79 Å². The summed E-state index contributed by atoms with van der Waals surface area (Å²) < 4.78 is 35.5. The van der Waals surface area contributed by atoms with E-state index in [9.17, 15) is 5.11 Å². The summed E-state index contributed by atoms with van der Waals surface area (Å²) in [6.45, 7) is 6.04. The Balaban J connectivity index is 1.27. The van der Waals surface area contributed by atoms with Crippen LogP contribution in [0, 0.1) is 6.92 Å². The van der Waals surface area contributed by atoms with E-state index in [1.807, 2.05) is 54.6 Å². The highest BCUT2D eigenvalue weighted by Crippen LogP contribution is 2.55. The van der Waals surface area contributed by atoms with Crippen LogP contribution in [-0.4, -0.2) is 46.2 Å². The van der Waals surface area contributed by atoms with Crippen molar-refractivity contribution in [3.63, 3.8) is 0 Å². The second kappa shape index (κ2) is 18.0. The van der Waals surface area contributed by atoms with Gasteiger partial charge in [-0.2, -0.15) is 0 Å². The smallest absolute Gasteiger partial charge is 0.225 e. The Labute approximate surface area is 333 Å². The van der Waals surface area contributed by atoms with Crippen LogP contribution in [0.5, 0.6) is 0 Å². The average molecular weight is 839 g/mol. The van der Waals surface area contributed by atoms with Crippen LogP contribution in [0.4, 0.5) is 0 Å². The molecule has 2 heterocycles. The molecule has 54 heavy (non-hydrogen) atoms. The summed E-state index contributed by atoms with van der Waals surface area (Å²) in [6, 6.07) is 46.2. The zero-order valence-electron chi connectivity index (χ0n) is 31.2. The van der Waals surface area contributed by atoms with Gasteiger partial charge in [0.05, 0.1) is 26.4 Å². The first-order chi connectivity index (χ1) is 26.4. The Bertz CT molecular complexity index is 1900. The van der Waals surface area contributed by atoms with E-state index in [0.29, 0.717) is 26.4 Å². The molecular formula is C47H51IO6. The van der Waals surface area contributed by atoms with Crippen molar-refractivity contribution in [1.29, 1.82) is 0 Å². The summed E-state index contributed by atoms with van der Waals surface area (Å²) in [5.41, 5.74) is 8.23.